The molecule has 0 spiro atoms. The minimum atomic E-state index is 0.434. The third kappa shape index (κ3) is 4.16. The van der Waals surface area contributed by atoms with Gasteiger partial charge in [-0.3, -0.25) is 4.79 Å². The Morgan fingerprint density at radius 2 is 1.96 bits per heavy atom. The van der Waals surface area contributed by atoms with Crippen LogP contribution in [0.15, 0.2) is 45.9 Å². The van der Waals surface area contributed by atoms with E-state index in [9.17, 15) is 4.79 Å². The molecule has 1 aromatic carbocycles. The molecule has 1 aromatic heterocycles. The van der Waals surface area contributed by atoms with Crippen LogP contribution in [0.3, 0.4) is 0 Å². The summed E-state index contributed by atoms with van der Waals surface area (Å²) in [7, 11) is 0. The van der Waals surface area contributed by atoms with Crippen LogP contribution in [0.1, 0.15) is 70.2 Å². The minimum Gasteiger partial charge on any atom is -0.453 e. The molecule has 1 N–H and O–H groups in total. The molecule has 4 rings (SSSR count). The van der Waals surface area contributed by atoms with E-state index in [1.165, 1.54) is 29.5 Å². The normalized spacial score (nSPS) is 17.9. The number of hydrogen-bond acceptors (Lipinski definition) is 3. The lowest BCUT2D eigenvalue weighted by Crippen LogP contribution is -2.26. The number of carbonyl (C=O) groups is 1. The Morgan fingerprint density at radius 3 is 2.68 bits per heavy atom. The van der Waals surface area contributed by atoms with E-state index in [0.29, 0.717) is 18.1 Å². The van der Waals surface area contributed by atoms with Gasteiger partial charge in [0.05, 0.1) is 0 Å². The Morgan fingerprint density at radius 1 is 1.14 bits per heavy atom. The second-order valence-electron chi connectivity index (χ2n) is 7.81. The predicted molar refractivity (Wildman–Crippen MR) is 114 cm³/mol. The van der Waals surface area contributed by atoms with Crippen LogP contribution in [-0.2, 0) is 6.42 Å². The first-order valence-corrected chi connectivity index (χ1v) is 10.5. The highest BCUT2D eigenvalue weighted by Crippen LogP contribution is 2.32. The number of allylic oxidation sites excluding steroid dienone is 4. The molecule has 1 fully saturated rings. The van der Waals surface area contributed by atoms with Crippen molar-refractivity contribution >= 4 is 23.5 Å². The second-order valence-corrected chi connectivity index (χ2v) is 8.30. The van der Waals surface area contributed by atoms with E-state index >= 15 is 0 Å². The molecule has 0 amide bonds. The van der Waals surface area contributed by atoms with Gasteiger partial charge in [-0.15, -0.1) is 0 Å². The van der Waals surface area contributed by atoms with Crippen molar-refractivity contribution in [1.29, 1.82) is 0 Å². The lowest BCUT2D eigenvalue weighted by Gasteiger charge is -2.24. The van der Waals surface area contributed by atoms with Crippen molar-refractivity contribution in [3.8, 4) is 0 Å². The number of piperidine rings is 1. The molecule has 1 aliphatic heterocycles. The van der Waals surface area contributed by atoms with Crippen LogP contribution in [0.25, 0.3) is 5.57 Å². The summed E-state index contributed by atoms with van der Waals surface area (Å²) >= 11 is 6.06. The summed E-state index contributed by atoms with van der Waals surface area (Å²) in [5.74, 6) is 1.84. The number of aldehydes is 1. The van der Waals surface area contributed by atoms with Crippen molar-refractivity contribution < 1.29 is 9.21 Å². The third-order valence-electron chi connectivity index (χ3n) is 5.93. The zero-order chi connectivity index (χ0) is 19.5. The maximum absolute atomic E-state index is 11.6. The Kier molecular flexibility index (Phi) is 5.84. The monoisotopic (exact) mass is 395 g/mol. The SMILES string of the molecule is Cc1ccc(C2CCNCC2)cc1Cc1cc(C2=CC=C(Cl)CC2)oc1C=O. The van der Waals surface area contributed by atoms with Crippen molar-refractivity contribution in [3.05, 3.63) is 75.2 Å². The zero-order valence-electron chi connectivity index (χ0n) is 16.3. The molecule has 0 saturated carbocycles. The molecule has 2 aliphatic rings. The zero-order valence-corrected chi connectivity index (χ0v) is 17.0. The van der Waals surface area contributed by atoms with Crippen LogP contribution in [0.2, 0.25) is 0 Å². The predicted octanol–water partition coefficient (Wildman–Crippen LogP) is 5.76. The van der Waals surface area contributed by atoms with Crippen LogP contribution in [0, 0.1) is 6.92 Å². The lowest BCUT2D eigenvalue weighted by atomic mass is 9.87. The fourth-order valence-electron chi connectivity index (χ4n) is 4.15. The molecule has 4 heteroatoms. The summed E-state index contributed by atoms with van der Waals surface area (Å²) in [5.41, 5.74) is 5.99. The van der Waals surface area contributed by atoms with Gasteiger partial charge >= 0.3 is 0 Å². The van der Waals surface area contributed by atoms with Gasteiger partial charge in [0.2, 0.25) is 0 Å². The first-order chi connectivity index (χ1) is 13.6. The number of halogens is 1. The Hall–Kier alpha value is -2.10. The first kappa shape index (κ1) is 19.2. The van der Waals surface area contributed by atoms with Crippen molar-refractivity contribution in [1.82, 2.24) is 5.32 Å². The number of benzene rings is 1. The highest BCUT2D eigenvalue weighted by Gasteiger charge is 2.19. The molecule has 0 unspecified atom stereocenters. The van der Waals surface area contributed by atoms with Crippen molar-refractivity contribution in [2.24, 2.45) is 0 Å². The molecule has 1 saturated heterocycles. The number of carbonyl (C=O) groups excluding carboxylic acids is 1. The number of aryl methyl sites for hydroxylation is 1. The molecule has 3 nitrogen and oxygen atoms in total. The van der Waals surface area contributed by atoms with E-state index < -0.39 is 0 Å². The van der Waals surface area contributed by atoms with Crippen molar-refractivity contribution in [2.75, 3.05) is 13.1 Å². The van der Waals surface area contributed by atoms with Crippen LogP contribution in [0.4, 0.5) is 0 Å². The van der Waals surface area contributed by atoms with E-state index in [-0.39, 0.29) is 0 Å². The molecule has 146 valence electrons. The van der Waals surface area contributed by atoms with Crippen LogP contribution >= 0.6 is 11.6 Å². The van der Waals surface area contributed by atoms with E-state index in [1.54, 1.807) is 0 Å². The first-order valence-electron chi connectivity index (χ1n) is 10.1. The summed E-state index contributed by atoms with van der Waals surface area (Å²) in [6, 6.07) is 8.83. The molecule has 0 bridgehead atoms. The molecule has 28 heavy (non-hydrogen) atoms. The fraction of sp³-hybridized carbons (Fsp3) is 0.375. The topological polar surface area (TPSA) is 42.2 Å². The molecule has 0 atom stereocenters. The fourth-order valence-corrected chi connectivity index (χ4v) is 4.31. The van der Waals surface area contributed by atoms with Crippen LogP contribution < -0.4 is 5.32 Å². The number of rotatable bonds is 5. The van der Waals surface area contributed by atoms with Gasteiger partial charge in [-0.1, -0.05) is 35.9 Å². The van der Waals surface area contributed by atoms with Gasteiger partial charge in [-0.2, -0.15) is 0 Å². The van der Waals surface area contributed by atoms with Gasteiger partial charge in [0.1, 0.15) is 5.76 Å². The van der Waals surface area contributed by atoms with E-state index in [0.717, 1.165) is 54.1 Å². The van der Waals surface area contributed by atoms with E-state index in [4.69, 9.17) is 16.0 Å². The number of furan rings is 1. The van der Waals surface area contributed by atoms with Gasteiger partial charge in [0.25, 0.3) is 0 Å². The van der Waals surface area contributed by atoms with Gasteiger partial charge in [0.15, 0.2) is 12.0 Å². The van der Waals surface area contributed by atoms with E-state index in [1.807, 2.05) is 18.2 Å². The summed E-state index contributed by atoms with van der Waals surface area (Å²) < 4.78 is 5.88. The van der Waals surface area contributed by atoms with Crippen LogP contribution in [0.5, 0.6) is 0 Å². The van der Waals surface area contributed by atoms with E-state index in [2.05, 4.69) is 30.4 Å². The lowest BCUT2D eigenvalue weighted by molar-refractivity contribution is 0.109. The average molecular weight is 396 g/mol. The number of hydrogen-bond donors (Lipinski definition) is 1. The molecular formula is C24H26ClNO2. The highest BCUT2D eigenvalue weighted by atomic mass is 35.5. The quantitative estimate of drug-likeness (QED) is 0.654. The summed E-state index contributed by atoms with van der Waals surface area (Å²) in [5, 5.41) is 4.29. The molecular weight excluding hydrogens is 370 g/mol. The standard InChI is InChI=1S/C24H26ClNO2/c1-16-2-3-19(17-8-10-26-11-9-17)12-20(16)13-21-14-23(28-24(21)15-27)18-4-6-22(25)7-5-18/h2-4,6,12,14-15,17,26H,5,7-11,13H2,1H3. The summed E-state index contributed by atoms with van der Waals surface area (Å²) in [4.78, 5) is 11.6. The molecule has 1 aliphatic carbocycles. The maximum Gasteiger partial charge on any atom is 0.185 e. The van der Waals surface area contributed by atoms with Crippen molar-refractivity contribution in [3.63, 3.8) is 0 Å². The van der Waals surface area contributed by atoms with Gasteiger partial charge < -0.3 is 9.73 Å². The van der Waals surface area contributed by atoms with Crippen LogP contribution in [-0.4, -0.2) is 19.4 Å². The Bertz CT molecular complexity index is 932. The minimum absolute atomic E-state index is 0.434. The number of nitrogens with one attached hydrogen (secondary N) is 1. The smallest absolute Gasteiger partial charge is 0.185 e. The molecule has 2 heterocycles. The second kappa shape index (κ2) is 8.50. The maximum atomic E-state index is 11.6. The van der Waals surface area contributed by atoms with Gasteiger partial charge in [0, 0.05) is 17.0 Å². The third-order valence-corrected chi connectivity index (χ3v) is 6.24. The summed E-state index contributed by atoms with van der Waals surface area (Å²) in [6.07, 6.45) is 9.47. The Balaban J connectivity index is 1.61. The molecule has 0 radical (unpaired) electrons. The highest BCUT2D eigenvalue weighted by molar-refractivity contribution is 6.29. The average Bonchev–Trinajstić information content (AvgIpc) is 3.13. The Labute approximate surface area is 171 Å². The molecule has 2 aromatic rings. The summed E-state index contributed by atoms with van der Waals surface area (Å²) in [6.45, 7) is 4.31. The van der Waals surface area contributed by atoms with Crippen molar-refractivity contribution in [2.45, 2.75) is 44.9 Å². The largest absolute Gasteiger partial charge is 0.453 e. The van der Waals surface area contributed by atoms with Gasteiger partial charge in [-0.05, 0) is 86.0 Å². The van der Waals surface area contributed by atoms with Gasteiger partial charge in [-0.25, -0.2) is 0 Å².